The molecule has 0 radical (unpaired) electrons. The van der Waals surface area contributed by atoms with Crippen molar-refractivity contribution in [2.75, 3.05) is 60.5 Å². The average molecular weight is 537 g/mol. The highest BCUT2D eigenvalue weighted by molar-refractivity contribution is 5.89. The minimum atomic E-state index is -0.261. The zero-order chi connectivity index (χ0) is 27.8. The van der Waals surface area contributed by atoms with Crippen LogP contribution in [0.4, 0.5) is 10.5 Å². The number of carbonyl (C=O) groups excluding carboxylic acids is 1. The van der Waals surface area contributed by atoms with Gasteiger partial charge in [0, 0.05) is 49.3 Å². The fraction of sp³-hybridized carbons (Fsp3) is 0.379. The van der Waals surface area contributed by atoms with Crippen LogP contribution in [0.2, 0.25) is 0 Å². The van der Waals surface area contributed by atoms with Crippen LogP contribution in [-0.4, -0.2) is 71.1 Å². The molecule has 0 saturated carbocycles. The number of rotatable bonds is 11. The van der Waals surface area contributed by atoms with Crippen LogP contribution in [0.15, 0.2) is 48.8 Å². The second-order valence-corrected chi connectivity index (χ2v) is 9.02. The lowest BCUT2D eigenvalue weighted by Crippen LogP contribution is -2.42. The molecule has 1 unspecified atom stereocenters. The van der Waals surface area contributed by atoms with Crippen molar-refractivity contribution in [1.82, 2.24) is 15.2 Å². The first-order valence-corrected chi connectivity index (χ1v) is 12.7. The summed E-state index contributed by atoms with van der Waals surface area (Å²) in [6.45, 7) is 1.94. The molecule has 0 fully saturated rings. The van der Waals surface area contributed by atoms with Gasteiger partial charge in [0.1, 0.15) is 0 Å². The molecular formula is C29H36N4O6. The lowest BCUT2D eigenvalue weighted by atomic mass is 9.87. The van der Waals surface area contributed by atoms with Crippen molar-refractivity contribution in [3.63, 3.8) is 0 Å². The van der Waals surface area contributed by atoms with Gasteiger partial charge in [0.25, 0.3) is 0 Å². The first kappa shape index (κ1) is 27.8. The Bertz CT molecular complexity index is 1270. The molecule has 2 heterocycles. The summed E-state index contributed by atoms with van der Waals surface area (Å²) in [5, 5.41) is 5.80. The number of hydrogen-bond donors (Lipinski definition) is 2. The Morgan fingerprint density at radius 2 is 1.59 bits per heavy atom. The number of nitrogens with one attached hydrogen (secondary N) is 2. The van der Waals surface area contributed by atoms with Crippen LogP contribution in [0, 0.1) is 0 Å². The van der Waals surface area contributed by atoms with Crippen LogP contribution < -0.4 is 34.3 Å². The average Bonchev–Trinajstić information content (AvgIpc) is 2.97. The fourth-order valence-corrected chi connectivity index (χ4v) is 5.04. The molecule has 10 nitrogen and oxygen atoms in total. The molecule has 10 heteroatoms. The summed E-state index contributed by atoms with van der Waals surface area (Å²) in [7, 11) is 8.13. The third-order valence-electron chi connectivity index (χ3n) is 6.94. The molecule has 1 aromatic heterocycles. The number of amides is 2. The van der Waals surface area contributed by atoms with E-state index in [1.807, 2.05) is 12.1 Å². The number of hydrogen-bond acceptors (Lipinski definition) is 8. The lowest BCUT2D eigenvalue weighted by Gasteiger charge is -2.38. The molecule has 208 valence electrons. The first-order chi connectivity index (χ1) is 19.0. The Morgan fingerprint density at radius 3 is 2.26 bits per heavy atom. The minimum absolute atomic E-state index is 0.00869. The van der Waals surface area contributed by atoms with Crippen LogP contribution >= 0.6 is 0 Å². The standard InChI is InChI=1S/C29H36N4O6/c1-35-24-7-6-20(27(38-4)28(24)39-5)16-23-22-18-26(37-3)25(36-2)17-19(22)10-14-33(23)15-13-31-29(34)32-21-8-11-30-12-9-21/h6-9,11-12,17-18,23H,10,13-16H2,1-5H3,(H2,30,31,32,34). The van der Waals surface area contributed by atoms with E-state index in [1.54, 1.807) is 60.1 Å². The fourth-order valence-electron chi connectivity index (χ4n) is 5.04. The Balaban J connectivity index is 1.60. The van der Waals surface area contributed by atoms with Crippen LogP contribution in [0.25, 0.3) is 0 Å². The van der Waals surface area contributed by atoms with Crippen molar-refractivity contribution < 1.29 is 28.5 Å². The van der Waals surface area contributed by atoms with Crippen molar-refractivity contribution in [2.45, 2.75) is 18.9 Å². The zero-order valence-corrected chi connectivity index (χ0v) is 23.1. The van der Waals surface area contributed by atoms with Gasteiger partial charge in [-0.2, -0.15) is 0 Å². The van der Waals surface area contributed by atoms with Gasteiger partial charge in [-0.25, -0.2) is 4.79 Å². The number of ether oxygens (including phenoxy) is 5. The van der Waals surface area contributed by atoms with Gasteiger partial charge in [-0.3, -0.25) is 9.88 Å². The third-order valence-corrected chi connectivity index (χ3v) is 6.94. The number of nitrogens with zero attached hydrogens (tertiary/aromatic N) is 2. The van der Waals surface area contributed by atoms with E-state index in [0.29, 0.717) is 53.9 Å². The van der Waals surface area contributed by atoms with E-state index in [0.717, 1.165) is 24.1 Å². The molecule has 0 spiro atoms. The SMILES string of the molecule is COc1cc2c(cc1OC)C(Cc1ccc(OC)c(OC)c1OC)N(CCNC(=O)Nc1ccncc1)CC2. The van der Waals surface area contributed by atoms with E-state index < -0.39 is 0 Å². The van der Waals surface area contributed by atoms with Crippen LogP contribution in [-0.2, 0) is 12.8 Å². The molecule has 1 aliphatic rings. The molecule has 4 rings (SSSR count). The predicted octanol–water partition coefficient (Wildman–Crippen LogP) is 4.09. The van der Waals surface area contributed by atoms with Crippen molar-refractivity contribution >= 4 is 11.7 Å². The number of pyridine rings is 1. The first-order valence-electron chi connectivity index (χ1n) is 12.7. The molecule has 0 bridgehead atoms. The molecule has 2 N–H and O–H groups in total. The number of anilines is 1. The van der Waals surface area contributed by atoms with Crippen molar-refractivity contribution in [3.05, 3.63) is 65.5 Å². The van der Waals surface area contributed by atoms with Gasteiger partial charge in [-0.15, -0.1) is 0 Å². The normalized spacial score (nSPS) is 14.6. The molecule has 1 aliphatic heterocycles. The van der Waals surface area contributed by atoms with Gasteiger partial charge in [0.15, 0.2) is 23.0 Å². The Kier molecular flexibility index (Phi) is 9.32. The summed E-state index contributed by atoms with van der Waals surface area (Å²) in [6.07, 6.45) is 4.77. The second-order valence-electron chi connectivity index (χ2n) is 9.02. The number of urea groups is 1. The topological polar surface area (TPSA) is 103 Å². The van der Waals surface area contributed by atoms with Gasteiger partial charge in [-0.05, 0) is 54.3 Å². The van der Waals surface area contributed by atoms with Gasteiger partial charge in [-0.1, -0.05) is 6.07 Å². The third kappa shape index (κ3) is 6.28. The zero-order valence-electron chi connectivity index (χ0n) is 23.1. The lowest BCUT2D eigenvalue weighted by molar-refractivity contribution is 0.182. The summed E-state index contributed by atoms with van der Waals surface area (Å²) in [5.74, 6) is 3.19. The monoisotopic (exact) mass is 536 g/mol. The molecule has 2 amide bonds. The van der Waals surface area contributed by atoms with E-state index in [9.17, 15) is 4.79 Å². The predicted molar refractivity (Wildman–Crippen MR) is 149 cm³/mol. The Morgan fingerprint density at radius 1 is 0.897 bits per heavy atom. The molecule has 1 atom stereocenters. The molecule has 2 aromatic carbocycles. The summed E-state index contributed by atoms with van der Waals surface area (Å²) in [4.78, 5) is 18.8. The maximum Gasteiger partial charge on any atom is 0.319 e. The molecule has 39 heavy (non-hydrogen) atoms. The highest BCUT2D eigenvalue weighted by Gasteiger charge is 2.31. The van der Waals surface area contributed by atoms with E-state index in [2.05, 4.69) is 32.7 Å². The maximum absolute atomic E-state index is 12.5. The highest BCUT2D eigenvalue weighted by atomic mass is 16.5. The van der Waals surface area contributed by atoms with Gasteiger partial charge in [0.2, 0.25) is 5.75 Å². The summed E-state index contributed by atoms with van der Waals surface area (Å²) < 4.78 is 28.1. The van der Waals surface area contributed by atoms with E-state index in [-0.39, 0.29) is 12.1 Å². The van der Waals surface area contributed by atoms with E-state index in [4.69, 9.17) is 23.7 Å². The van der Waals surface area contributed by atoms with Crippen LogP contribution in [0.3, 0.4) is 0 Å². The smallest absolute Gasteiger partial charge is 0.319 e. The van der Waals surface area contributed by atoms with Crippen LogP contribution in [0.1, 0.15) is 22.7 Å². The summed E-state index contributed by atoms with van der Waals surface area (Å²) in [5.41, 5.74) is 4.03. The van der Waals surface area contributed by atoms with E-state index in [1.165, 1.54) is 5.56 Å². The van der Waals surface area contributed by atoms with Gasteiger partial charge in [0.05, 0.1) is 35.5 Å². The molecule has 3 aromatic rings. The molecule has 0 saturated heterocycles. The number of benzene rings is 2. The molecular weight excluding hydrogens is 500 g/mol. The molecule has 0 aliphatic carbocycles. The quantitative estimate of drug-likeness (QED) is 0.378. The number of carbonyl (C=O) groups is 1. The van der Waals surface area contributed by atoms with E-state index >= 15 is 0 Å². The van der Waals surface area contributed by atoms with Gasteiger partial charge < -0.3 is 34.3 Å². The number of aromatic nitrogens is 1. The van der Waals surface area contributed by atoms with Crippen molar-refractivity contribution in [3.8, 4) is 28.7 Å². The largest absolute Gasteiger partial charge is 0.493 e. The summed E-state index contributed by atoms with van der Waals surface area (Å²) >= 11 is 0. The van der Waals surface area contributed by atoms with Gasteiger partial charge >= 0.3 is 6.03 Å². The second kappa shape index (κ2) is 13.1. The number of methoxy groups -OCH3 is 5. The van der Waals surface area contributed by atoms with Crippen molar-refractivity contribution in [1.29, 1.82) is 0 Å². The van der Waals surface area contributed by atoms with Crippen LogP contribution in [0.5, 0.6) is 28.7 Å². The highest BCUT2D eigenvalue weighted by Crippen LogP contribution is 2.44. The van der Waals surface area contributed by atoms with Crippen molar-refractivity contribution in [2.24, 2.45) is 0 Å². The number of fused-ring (bicyclic) bond motifs is 1. The summed E-state index contributed by atoms with van der Waals surface area (Å²) in [6, 6.07) is 11.2. The Hall–Kier alpha value is -4.18. The Labute approximate surface area is 229 Å². The maximum atomic E-state index is 12.5. The minimum Gasteiger partial charge on any atom is -0.493 e.